The van der Waals surface area contributed by atoms with E-state index >= 15 is 0 Å². The number of nitrogens with one attached hydrogen (secondary N) is 2. The number of hydrazone groups is 1. The highest BCUT2D eigenvalue weighted by molar-refractivity contribution is 6.06. The summed E-state index contributed by atoms with van der Waals surface area (Å²) in [4.78, 5) is 25.7. The number of aromatic nitrogens is 1. The minimum absolute atomic E-state index is 0.0969. The number of nitrogens with zero attached hydrogens (tertiary/aromatic N) is 6. The zero-order chi connectivity index (χ0) is 29.7. The van der Waals surface area contributed by atoms with Crippen LogP contribution >= 0.6 is 0 Å². The Balaban J connectivity index is 1.28. The van der Waals surface area contributed by atoms with Gasteiger partial charge >= 0.3 is 6.18 Å². The number of carbonyl (C=O) groups is 1. The Morgan fingerprint density at radius 3 is 2.67 bits per heavy atom. The van der Waals surface area contributed by atoms with Gasteiger partial charge in [-0.2, -0.15) is 18.3 Å². The molecule has 0 saturated carbocycles. The van der Waals surface area contributed by atoms with E-state index in [2.05, 4.69) is 51.2 Å². The van der Waals surface area contributed by atoms with E-state index < -0.39 is 17.6 Å². The van der Waals surface area contributed by atoms with Crippen LogP contribution in [0.15, 0.2) is 58.8 Å². The summed E-state index contributed by atoms with van der Waals surface area (Å²) >= 11 is 0. The summed E-state index contributed by atoms with van der Waals surface area (Å²) in [5.74, 6) is 7.41. The molecule has 1 aromatic heterocycles. The molecule has 1 atom stereocenters. The van der Waals surface area contributed by atoms with E-state index in [1.54, 1.807) is 12.1 Å². The summed E-state index contributed by atoms with van der Waals surface area (Å²) < 4.78 is 41.8. The first-order valence-corrected chi connectivity index (χ1v) is 14.0. The molecule has 42 heavy (non-hydrogen) atoms. The van der Waals surface area contributed by atoms with Gasteiger partial charge in [0.2, 0.25) is 0 Å². The third-order valence-electron chi connectivity index (χ3n) is 7.30. The summed E-state index contributed by atoms with van der Waals surface area (Å²) in [5.41, 5.74) is -0.163. The second kappa shape index (κ2) is 12.8. The van der Waals surface area contributed by atoms with E-state index in [4.69, 9.17) is 5.10 Å². The Morgan fingerprint density at radius 1 is 1.14 bits per heavy atom. The zero-order valence-corrected chi connectivity index (χ0v) is 23.6. The molecule has 1 saturated heterocycles. The lowest BCUT2D eigenvalue weighted by Gasteiger charge is -2.28. The van der Waals surface area contributed by atoms with E-state index in [0.717, 1.165) is 43.9 Å². The van der Waals surface area contributed by atoms with Crippen LogP contribution in [0.3, 0.4) is 0 Å². The molecule has 2 N–H and O–H groups in total. The maximum absolute atomic E-state index is 13.9. The van der Waals surface area contributed by atoms with Crippen molar-refractivity contribution in [3.63, 3.8) is 0 Å². The lowest BCUT2D eigenvalue weighted by molar-refractivity contribution is -0.138. The highest BCUT2D eigenvalue weighted by atomic mass is 19.4. The van der Waals surface area contributed by atoms with Crippen molar-refractivity contribution in [1.82, 2.24) is 25.1 Å². The van der Waals surface area contributed by atoms with Crippen molar-refractivity contribution in [2.24, 2.45) is 10.1 Å². The van der Waals surface area contributed by atoms with Gasteiger partial charge in [0.25, 0.3) is 5.91 Å². The number of anilines is 1. The molecule has 1 amide bonds. The van der Waals surface area contributed by atoms with Crippen LogP contribution in [0.2, 0.25) is 0 Å². The molecule has 3 aliphatic rings. The van der Waals surface area contributed by atoms with Gasteiger partial charge in [0.1, 0.15) is 23.5 Å². The molecule has 5 rings (SSSR count). The quantitative estimate of drug-likeness (QED) is 0.511. The number of halogens is 3. The number of aliphatic imine (C=N–C) groups is 1. The number of likely N-dealkylation sites (N-methyl/N-ethyl adjacent to an activating group) is 1. The molecule has 12 heteroatoms. The van der Waals surface area contributed by atoms with Crippen LogP contribution in [0, 0.1) is 11.8 Å². The van der Waals surface area contributed by atoms with Gasteiger partial charge in [0, 0.05) is 63.1 Å². The lowest BCUT2D eigenvalue weighted by atomic mass is 10.0. The van der Waals surface area contributed by atoms with E-state index in [9.17, 15) is 18.0 Å². The normalized spacial score (nSPS) is 18.5. The van der Waals surface area contributed by atoms with Crippen molar-refractivity contribution < 1.29 is 18.0 Å². The second-order valence-corrected chi connectivity index (χ2v) is 10.1. The van der Waals surface area contributed by atoms with Gasteiger partial charge in [0.05, 0.1) is 12.1 Å². The summed E-state index contributed by atoms with van der Waals surface area (Å²) in [6, 6.07) is 6.76. The molecular weight excluding hydrogens is 545 g/mol. The lowest BCUT2D eigenvalue weighted by Crippen LogP contribution is -2.43. The first-order valence-electron chi connectivity index (χ1n) is 14.0. The van der Waals surface area contributed by atoms with Gasteiger partial charge < -0.3 is 15.5 Å². The van der Waals surface area contributed by atoms with Crippen LogP contribution < -0.4 is 10.6 Å². The molecule has 1 aromatic carbocycles. The number of amidine groups is 2. The molecule has 1 unspecified atom stereocenters. The Morgan fingerprint density at radius 2 is 1.93 bits per heavy atom. The molecule has 0 radical (unpaired) electrons. The summed E-state index contributed by atoms with van der Waals surface area (Å²) in [5, 5.41) is 12.3. The molecule has 0 aliphatic carbocycles. The number of hydrogen-bond acceptors (Lipinski definition) is 8. The molecule has 2 aromatic rings. The van der Waals surface area contributed by atoms with Crippen molar-refractivity contribution in [1.29, 1.82) is 0 Å². The SMILES string of the molecule is CCN(CC)C1=NN2C(=NCC2C#Cc2ccnc(NC(=O)c3ccc(CN4CCNCC4)c(C(F)(F)F)c3)c2)C=C1. The largest absolute Gasteiger partial charge is 0.416 e. The highest BCUT2D eigenvalue weighted by Crippen LogP contribution is 2.33. The monoisotopic (exact) mass is 578 g/mol. The average molecular weight is 579 g/mol. The van der Waals surface area contributed by atoms with Gasteiger partial charge in [0.15, 0.2) is 0 Å². The average Bonchev–Trinajstić information content (AvgIpc) is 3.39. The molecule has 9 nitrogen and oxygen atoms in total. The fourth-order valence-electron chi connectivity index (χ4n) is 5.02. The first kappa shape index (κ1) is 29.3. The predicted molar refractivity (Wildman–Crippen MR) is 156 cm³/mol. The fraction of sp³-hybridized carbons (Fsp3) is 0.400. The summed E-state index contributed by atoms with van der Waals surface area (Å²) in [7, 11) is 0. The molecule has 4 heterocycles. The predicted octanol–water partition coefficient (Wildman–Crippen LogP) is 3.42. The highest BCUT2D eigenvalue weighted by Gasteiger charge is 2.34. The number of carbonyl (C=O) groups excluding carboxylic acids is 1. The van der Waals surface area contributed by atoms with Crippen molar-refractivity contribution in [2.45, 2.75) is 32.6 Å². The fourth-order valence-corrected chi connectivity index (χ4v) is 5.02. The van der Waals surface area contributed by atoms with Crippen LogP contribution in [-0.2, 0) is 12.7 Å². The molecule has 3 aliphatic heterocycles. The van der Waals surface area contributed by atoms with Crippen molar-refractivity contribution in [2.75, 3.05) is 51.1 Å². The van der Waals surface area contributed by atoms with Gasteiger partial charge in [-0.15, -0.1) is 0 Å². The molecule has 0 spiro atoms. The Hall–Kier alpha value is -4.21. The first-order chi connectivity index (χ1) is 20.2. The Bertz CT molecular complexity index is 1460. The topological polar surface area (TPSA) is 88.5 Å². The number of hydrogen-bond donors (Lipinski definition) is 2. The molecule has 1 fully saturated rings. The van der Waals surface area contributed by atoms with Crippen molar-refractivity contribution in [3.8, 4) is 11.8 Å². The minimum Gasteiger partial charge on any atom is -0.356 e. The molecular formula is C30H33F3N8O. The molecule has 220 valence electrons. The van der Waals surface area contributed by atoms with Crippen LogP contribution in [0.25, 0.3) is 0 Å². The van der Waals surface area contributed by atoms with Crippen LogP contribution in [0.1, 0.15) is 40.9 Å². The molecule has 0 bridgehead atoms. The van der Waals surface area contributed by atoms with Crippen molar-refractivity contribution in [3.05, 3.63) is 70.9 Å². The van der Waals surface area contributed by atoms with Crippen molar-refractivity contribution >= 4 is 23.4 Å². The van der Waals surface area contributed by atoms with Crippen LogP contribution in [-0.4, -0.2) is 89.2 Å². The number of piperazine rings is 1. The second-order valence-electron chi connectivity index (χ2n) is 10.1. The van der Waals surface area contributed by atoms with E-state index in [0.29, 0.717) is 25.2 Å². The number of benzene rings is 1. The van der Waals surface area contributed by atoms with Gasteiger partial charge in [-0.3, -0.25) is 14.7 Å². The Labute approximate surface area is 243 Å². The smallest absolute Gasteiger partial charge is 0.356 e. The van der Waals surface area contributed by atoms with Crippen LogP contribution in [0.4, 0.5) is 19.0 Å². The standard InChI is InChI=1S/C30H33F3N8O/c1-3-40(4-2)28-10-9-27-36-19-24(41(27)38-28)8-5-21-11-12-35-26(17-21)37-29(42)22-6-7-23(25(18-22)30(31,32)33)20-39-15-13-34-14-16-39/h6-7,9-12,17-18,24,34H,3-4,13-16,19-20H2,1-2H3,(H,35,37,42). The third kappa shape index (κ3) is 6.80. The number of amides is 1. The number of pyridine rings is 1. The third-order valence-corrected chi connectivity index (χ3v) is 7.30. The van der Waals surface area contributed by atoms with E-state index in [-0.39, 0.29) is 29.5 Å². The maximum Gasteiger partial charge on any atom is 0.416 e. The number of fused-ring (bicyclic) bond motifs is 1. The zero-order valence-electron chi connectivity index (χ0n) is 23.6. The van der Waals surface area contributed by atoms with Gasteiger partial charge in [-0.05, 0) is 55.8 Å². The summed E-state index contributed by atoms with van der Waals surface area (Å²) in [6.45, 7) is 9.25. The number of alkyl halides is 3. The Kier molecular flexibility index (Phi) is 8.89. The maximum atomic E-state index is 13.9. The summed E-state index contributed by atoms with van der Waals surface area (Å²) in [6.07, 6.45) is 0.795. The van der Waals surface area contributed by atoms with E-state index in [1.165, 1.54) is 18.3 Å². The van der Waals surface area contributed by atoms with Crippen LogP contribution in [0.5, 0.6) is 0 Å². The van der Waals surface area contributed by atoms with Gasteiger partial charge in [-0.1, -0.05) is 17.9 Å². The van der Waals surface area contributed by atoms with Gasteiger partial charge in [-0.25, -0.2) is 9.99 Å². The minimum atomic E-state index is -4.59. The van der Waals surface area contributed by atoms with E-state index in [1.807, 2.05) is 22.1 Å². The number of rotatable bonds is 6.